The molecule has 8 nitrogen and oxygen atoms in total. The molecule has 2 atom stereocenters. The van der Waals surface area contributed by atoms with Gasteiger partial charge in [-0.2, -0.15) is 5.10 Å². The Hall–Kier alpha value is -2.22. The molecule has 1 fully saturated rings. The maximum Gasteiger partial charge on any atom is 0.257 e. The van der Waals surface area contributed by atoms with Crippen LogP contribution < -0.4 is 0 Å². The SMILES string of the molecule is CCCn1cc(C(=O)N2C[C@@H](N(C)C)[C@@H](n3ccnn3)C2)cn1. The molecule has 2 aromatic heterocycles. The zero-order chi connectivity index (χ0) is 16.4. The normalized spacial score (nSPS) is 21.3. The summed E-state index contributed by atoms with van der Waals surface area (Å²) in [4.78, 5) is 16.8. The number of aryl methyl sites for hydroxylation is 1. The molecular formula is C15H23N7O. The van der Waals surface area contributed by atoms with Gasteiger partial charge >= 0.3 is 0 Å². The minimum absolute atomic E-state index is 0.0295. The molecular weight excluding hydrogens is 294 g/mol. The van der Waals surface area contributed by atoms with E-state index in [4.69, 9.17) is 0 Å². The minimum atomic E-state index is 0.0295. The molecule has 0 aromatic carbocycles. The topological polar surface area (TPSA) is 72.1 Å². The fourth-order valence-corrected chi connectivity index (χ4v) is 3.10. The Morgan fingerprint density at radius 2 is 2.22 bits per heavy atom. The van der Waals surface area contributed by atoms with Gasteiger partial charge in [0.25, 0.3) is 5.91 Å². The Morgan fingerprint density at radius 1 is 1.39 bits per heavy atom. The van der Waals surface area contributed by atoms with Crippen LogP contribution in [-0.2, 0) is 6.54 Å². The summed E-state index contributed by atoms with van der Waals surface area (Å²) in [6.07, 6.45) is 8.02. The number of rotatable bonds is 5. The van der Waals surface area contributed by atoms with Crippen molar-refractivity contribution < 1.29 is 4.79 Å². The maximum absolute atomic E-state index is 12.8. The first-order valence-corrected chi connectivity index (χ1v) is 7.94. The number of nitrogens with zero attached hydrogens (tertiary/aromatic N) is 7. The molecule has 1 saturated heterocycles. The van der Waals surface area contributed by atoms with E-state index < -0.39 is 0 Å². The molecule has 1 aliphatic heterocycles. The summed E-state index contributed by atoms with van der Waals surface area (Å²) < 4.78 is 3.67. The van der Waals surface area contributed by atoms with Crippen LogP contribution in [0.15, 0.2) is 24.8 Å². The van der Waals surface area contributed by atoms with Crippen LogP contribution >= 0.6 is 0 Å². The lowest BCUT2D eigenvalue weighted by Crippen LogP contribution is -2.37. The molecule has 0 radical (unpaired) electrons. The predicted octanol–water partition coefficient (Wildman–Crippen LogP) is 0.512. The summed E-state index contributed by atoms with van der Waals surface area (Å²) in [6.45, 7) is 4.22. The first kappa shape index (κ1) is 15.7. The summed E-state index contributed by atoms with van der Waals surface area (Å²) in [6, 6.07) is 0.327. The number of amides is 1. The molecule has 0 saturated carbocycles. The lowest BCUT2D eigenvalue weighted by Gasteiger charge is -2.24. The smallest absolute Gasteiger partial charge is 0.257 e. The second-order valence-electron chi connectivity index (χ2n) is 6.18. The molecule has 0 unspecified atom stereocenters. The molecule has 0 spiro atoms. The third-order valence-electron chi connectivity index (χ3n) is 4.32. The minimum Gasteiger partial charge on any atom is -0.335 e. The van der Waals surface area contributed by atoms with Gasteiger partial charge in [-0.3, -0.25) is 9.48 Å². The van der Waals surface area contributed by atoms with Crippen LogP contribution in [0.4, 0.5) is 0 Å². The zero-order valence-electron chi connectivity index (χ0n) is 13.8. The monoisotopic (exact) mass is 317 g/mol. The van der Waals surface area contributed by atoms with Crippen molar-refractivity contribution in [3.63, 3.8) is 0 Å². The fraction of sp³-hybridized carbons (Fsp3) is 0.600. The molecule has 124 valence electrons. The van der Waals surface area contributed by atoms with Crippen LogP contribution in [0.3, 0.4) is 0 Å². The second kappa shape index (κ2) is 6.49. The molecule has 1 aliphatic rings. The molecule has 2 aromatic rings. The van der Waals surface area contributed by atoms with E-state index in [1.165, 1.54) is 0 Å². The molecule has 0 bridgehead atoms. The van der Waals surface area contributed by atoms with Crippen molar-refractivity contribution in [3.8, 4) is 0 Å². The van der Waals surface area contributed by atoms with Gasteiger partial charge in [0, 0.05) is 32.0 Å². The molecule has 3 rings (SSSR count). The zero-order valence-corrected chi connectivity index (χ0v) is 13.8. The van der Waals surface area contributed by atoms with Gasteiger partial charge < -0.3 is 9.80 Å². The molecule has 1 amide bonds. The van der Waals surface area contributed by atoms with Gasteiger partial charge in [-0.05, 0) is 20.5 Å². The van der Waals surface area contributed by atoms with Crippen molar-refractivity contribution in [2.75, 3.05) is 27.2 Å². The summed E-state index contributed by atoms with van der Waals surface area (Å²) in [5.41, 5.74) is 0.648. The fourth-order valence-electron chi connectivity index (χ4n) is 3.10. The standard InChI is InChI=1S/C15H23N7O/c1-4-6-21-9-12(8-17-21)15(23)20-10-13(19(2)3)14(11-20)22-7-5-16-18-22/h5,7-9,13-14H,4,6,10-11H2,1-3H3/t13-,14+/m1/s1. The van der Waals surface area contributed by atoms with Gasteiger partial charge in [0.15, 0.2) is 0 Å². The van der Waals surface area contributed by atoms with Crippen molar-refractivity contribution in [3.05, 3.63) is 30.4 Å². The van der Waals surface area contributed by atoms with Crippen LogP contribution in [-0.4, -0.2) is 73.7 Å². The lowest BCUT2D eigenvalue weighted by molar-refractivity contribution is 0.0781. The molecule has 0 aliphatic carbocycles. The highest BCUT2D eigenvalue weighted by atomic mass is 16.2. The van der Waals surface area contributed by atoms with Crippen LogP contribution in [0.2, 0.25) is 0 Å². The Labute approximate surface area is 135 Å². The van der Waals surface area contributed by atoms with E-state index in [2.05, 4.69) is 27.2 Å². The summed E-state index contributed by atoms with van der Waals surface area (Å²) in [7, 11) is 4.06. The second-order valence-corrected chi connectivity index (χ2v) is 6.18. The Morgan fingerprint density at radius 3 is 2.87 bits per heavy atom. The van der Waals surface area contributed by atoms with Gasteiger partial charge in [-0.1, -0.05) is 12.1 Å². The number of hydrogen-bond donors (Lipinski definition) is 0. The van der Waals surface area contributed by atoms with Gasteiger partial charge in [0.2, 0.25) is 0 Å². The Bertz CT molecular complexity index is 649. The predicted molar refractivity (Wildman–Crippen MR) is 85.0 cm³/mol. The van der Waals surface area contributed by atoms with Gasteiger partial charge in [-0.15, -0.1) is 5.10 Å². The summed E-state index contributed by atoms with van der Waals surface area (Å²) in [5, 5.41) is 12.3. The van der Waals surface area contributed by atoms with Crippen molar-refractivity contribution in [1.82, 2.24) is 34.6 Å². The van der Waals surface area contributed by atoms with E-state index in [1.807, 2.05) is 40.8 Å². The molecule has 0 N–H and O–H groups in total. The van der Waals surface area contributed by atoms with E-state index in [9.17, 15) is 4.79 Å². The summed E-state index contributed by atoms with van der Waals surface area (Å²) in [5.74, 6) is 0.0295. The third kappa shape index (κ3) is 3.12. The molecule has 3 heterocycles. The van der Waals surface area contributed by atoms with Gasteiger partial charge in [0.1, 0.15) is 0 Å². The molecule has 23 heavy (non-hydrogen) atoms. The summed E-state index contributed by atoms with van der Waals surface area (Å²) >= 11 is 0. The Balaban J connectivity index is 1.76. The highest BCUT2D eigenvalue weighted by Crippen LogP contribution is 2.25. The van der Waals surface area contributed by atoms with Crippen molar-refractivity contribution in [2.24, 2.45) is 0 Å². The van der Waals surface area contributed by atoms with E-state index >= 15 is 0 Å². The average Bonchev–Trinajstić information content (AvgIpc) is 3.26. The number of likely N-dealkylation sites (N-methyl/N-ethyl adjacent to an activating group) is 1. The number of aromatic nitrogens is 5. The highest BCUT2D eigenvalue weighted by molar-refractivity contribution is 5.94. The average molecular weight is 317 g/mol. The highest BCUT2D eigenvalue weighted by Gasteiger charge is 2.38. The Kier molecular flexibility index (Phi) is 4.42. The first-order chi connectivity index (χ1) is 11.1. The van der Waals surface area contributed by atoms with Crippen molar-refractivity contribution in [2.45, 2.75) is 32.0 Å². The molecule has 8 heteroatoms. The largest absolute Gasteiger partial charge is 0.335 e. The number of hydrogen-bond acceptors (Lipinski definition) is 5. The maximum atomic E-state index is 12.8. The van der Waals surface area contributed by atoms with Crippen LogP contribution in [0.1, 0.15) is 29.7 Å². The van der Waals surface area contributed by atoms with Crippen molar-refractivity contribution in [1.29, 1.82) is 0 Å². The van der Waals surface area contributed by atoms with Crippen LogP contribution in [0.25, 0.3) is 0 Å². The van der Waals surface area contributed by atoms with E-state index in [-0.39, 0.29) is 18.0 Å². The van der Waals surface area contributed by atoms with E-state index in [0.717, 1.165) is 13.0 Å². The number of carbonyl (C=O) groups excluding carboxylic acids is 1. The third-order valence-corrected chi connectivity index (χ3v) is 4.32. The number of carbonyl (C=O) groups is 1. The lowest BCUT2D eigenvalue weighted by atomic mass is 10.1. The first-order valence-electron chi connectivity index (χ1n) is 7.94. The van der Waals surface area contributed by atoms with E-state index in [0.29, 0.717) is 18.7 Å². The quantitative estimate of drug-likeness (QED) is 0.803. The number of likely N-dealkylation sites (tertiary alicyclic amines) is 1. The van der Waals surface area contributed by atoms with E-state index in [1.54, 1.807) is 12.4 Å². The van der Waals surface area contributed by atoms with Gasteiger partial charge in [-0.25, -0.2) is 4.68 Å². The van der Waals surface area contributed by atoms with Crippen LogP contribution in [0.5, 0.6) is 0 Å². The van der Waals surface area contributed by atoms with Crippen molar-refractivity contribution >= 4 is 5.91 Å². The van der Waals surface area contributed by atoms with Crippen LogP contribution in [0, 0.1) is 0 Å². The van der Waals surface area contributed by atoms with Gasteiger partial charge in [0.05, 0.1) is 30.0 Å².